The van der Waals surface area contributed by atoms with Crippen LogP contribution in [-0.2, 0) is 6.54 Å². The summed E-state index contributed by atoms with van der Waals surface area (Å²) >= 11 is 0. The van der Waals surface area contributed by atoms with Crippen LogP contribution in [0.3, 0.4) is 0 Å². The number of halogens is 2. The maximum Gasteiger partial charge on any atom is 0.255 e. The highest BCUT2D eigenvalue weighted by Gasteiger charge is 2.31. The van der Waals surface area contributed by atoms with Crippen molar-refractivity contribution >= 4 is 10.8 Å². The fourth-order valence-electron chi connectivity index (χ4n) is 3.10. The van der Waals surface area contributed by atoms with E-state index in [1.54, 1.807) is 30.6 Å². The van der Waals surface area contributed by atoms with Crippen LogP contribution in [-0.4, -0.2) is 22.1 Å². The van der Waals surface area contributed by atoms with Gasteiger partial charge in [0.15, 0.2) is 5.75 Å². The molecular weight excluding hydrogens is 324 g/mol. The van der Waals surface area contributed by atoms with Crippen molar-refractivity contribution in [1.29, 1.82) is 0 Å². The minimum atomic E-state index is -0.592. The Morgan fingerprint density at radius 1 is 1.12 bits per heavy atom. The van der Waals surface area contributed by atoms with Gasteiger partial charge in [-0.15, -0.1) is 0 Å². The summed E-state index contributed by atoms with van der Waals surface area (Å²) in [6.07, 6.45) is 6.25. The number of hydrogen-bond acceptors (Lipinski definition) is 4. The first-order valence-corrected chi connectivity index (χ1v) is 8.22. The Bertz CT molecular complexity index is 897. The van der Waals surface area contributed by atoms with E-state index >= 15 is 0 Å². The van der Waals surface area contributed by atoms with Crippen LogP contribution in [0.15, 0.2) is 48.9 Å². The van der Waals surface area contributed by atoms with Crippen molar-refractivity contribution < 1.29 is 13.5 Å². The van der Waals surface area contributed by atoms with Crippen molar-refractivity contribution in [2.75, 3.05) is 0 Å². The van der Waals surface area contributed by atoms with Gasteiger partial charge in [-0.3, -0.25) is 4.98 Å². The molecule has 4 rings (SSSR count). The normalized spacial score (nSPS) is 19.6. The molecule has 1 N–H and O–H groups in total. The molecule has 1 fully saturated rings. The number of fused-ring (bicyclic) bond motifs is 1. The topological polar surface area (TPSA) is 47.0 Å². The Hall–Kier alpha value is -2.60. The minimum absolute atomic E-state index is 0.0437. The van der Waals surface area contributed by atoms with Gasteiger partial charge in [-0.25, -0.2) is 9.37 Å². The lowest BCUT2D eigenvalue weighted by Gasteiger charge is -2.36. The summed E-state index contributed by atoms with van der Waals surface area (Å²) in [5, 5.41) is 5.14. The summed E-state index contributed by atoms with van der Waals surface area (Å²) in [4.78, 5) is 7.64. The van der Waals surface area contributed by atoms with E-state index in [-0.39, 0.29) is 23.7 Å². The highest BCUT2D eigenvalue weighted by atomic mass is 19.1. The first-order valence-electron chi connectivity index (χ1n) is 8.22. The number of benzene rings is 1. The zero-order valence-corrected chi connectivity index (χ0v) is 13.5. The lowest BCUT2D eigenvalue weighted by molar-refractivity contribution is 0.0793. The maximum absolute atomic E-state index is 14.2. The monoisotopic (exact) mass is 341 g/mol. The molecule has 0 saturated heterocycles. The minimum Gasteiger partial charge on any atom is -0.486 e. The third-order valence-corrected chi connectivity index (χ3v) is 4.56. The second-order valence-electron chi connectivity index (χ2n) is 6.20. The summed E-state index contributed by atoms with van der Waals surface area (Å²) in [6.45, 7) is 0.436. The lowest BCUT2D eigenvalue weighted by atomic mass is 9.89. The summed E-state index contributed by atoms with van der Waals surface area (Å²) in [5.41, 5.74) is 0.641. The number of hydrogen-bond donors (Lipinski definition) is 1. The Morgan fingerprint density at radius 3 is 2.84 bits per heavy atom. The highest BCUT2D eigenvalue weighted by molar-refractivity contribution is 5.84. The van der Waals surface area contributed by atoms with Crippen LogP contribution < -0.4 is 10.1 Å². The molecule has 128 valence electrons. The van der Waals surface area contributed by atoms with Crippen LogP contribution in [0.25, 0.3) is 10.8 Å². The van der Waals surface area contributed by atoms with Gasteiger partial charge in [-0.1, -0.05) is 0 Å². The predicted octanol–water partition coefficient (Wildman–Crippen LogP) is 3.61. The maximum atomic E-state index is 14.2. The van der Waals surface area contributed by atoms with Gasteiger partial charge in [-0.05, 0) is 48.6 Å². The number of pyridine rings is 2. The molecule has 0 amide bonds. The van der Waals surface area contributed by atoms with Crippen molar-refractivity contribution in [2.24, 2.45) is 0 Å². The van der Waals surface area contributed by atoms with E-state index in [1.165, 1.54) is 12.3 Å². The summed E-state index contributed by atoms with van der Waals surface area (Å²) in [5.74, 6) is -0.639. The fourth-order valence-corrected chi connectivity index (χ4v) is 3.10. The number of rotatable bonds is 5. The average molecular weight is 341 g/mol. The van der Waals surface area contributed by atoms with Gasteiger partial charge >= 0.3 is 0 Å². The molecule has 4 nitrogen and oxygen atoms in total. The first kappa shape index (κ1) is 15.9. The van der Waals surface area contributed by atoms with E-state index in [4.69, 9.17) is 4.74 Å². The zero-order valence-electron chi connectivity index (χ0n) is 13.5. The van der Waals surface area contributed by atoms with Gasteiger partial charge in [0, 0.05) is 42.1 Å². The molecule has 1 aromatic carbocycles. The average Bonchev–Trinajstić information content (AvgIpc) is 2.59. The molecule has 0 aliphatic heterocycles. The first-order chi connectivity index (χ1) is 12.2. The standard InChI is InChI=1S/C19H17F2N3O/c20-17-4-3-12-10-22-7-5-15(12)16(17)11-24-13-8-14(9-13)25-18-2-1-6-23-19(18)21/h1-7,10,13-14,24H,8-9,11H2. The summed E-state index contributed by atoms with van der Waals surface area (Å²) in [6, 6.07) is 8.47. The quantitative estimate of drug-likeness (QED) is 0.720. The number of aromatic nitrogens is 2. The van der Waals surface area contributed by atoms with Crippen LogP contribution in [0.1, 0.15) is 18.4 Å². The van der Waals surface area contributed by atoms with Gasteiger partial charge in [0.1, 0.15) is 11.9 Å². The van der Waals surface area contributed by atoms with E-state index < -0.39 is 5.95 Å². The molecule has 0 spiro atoms. The lowest BCUT2D eigenvalue weighted by Crippen LogP contribution is -2.46. The number of nitrogens with one attached hydrogen (secondary N) is 1. The largest absolute Gasteiger partial charge is 0.486 e. The SMILES string of the molecule is Fc1ccc2cnccc2c1CNC1CC(Oc2cccnc2F)C1. The van der Waals surface area contributed by atoms with Crippen molar-refractivity contribution in [1.82, 2.24) is 15.3 Å². The van der Waals surface area contributed by atoms with Crippen LogP contribution >= 0.6 is 0 Å². The molecule has 0 bridgehead atoms. The van der Waals surface area contributed by atoms with Crippen molar-refractivity contribution in [2.45, 2.75) is 31.5 Å². The van der Waals surface area contributed by atoms with Crippen molar-refractivity contribution in [3.05, 3.63) is 66.3 Å². The second-order valence-corrected chi connectivity index (χ2v) is 6.20. The Balaban J connectivity index is 1.35. The van der Waals surface area contributed by atoms with Crippen LogP contribution in [0.2, 0.25) is 0 Å². The van der Waals surface area contributed by atoms with E-state index in [9.17, 15) is 8.78 Å². The molecule has 1 aliphatic carbocycles. The van der Waals surface area contributed by atoms with Crippen molar-refractivity contribution in [3.8, 4) is 5.75 Å². The van der Waals surface area contributed by atoms with E-state index in [2.05, 4.69) is 15.3 Å². The summed E-state index contributed by atoms with van der Waals surface area (Å²) < 4.78 is 33.2. The molecule has 1 saturated carbocycles. The molecule has 6 heteroatoms. The zero-order chi connectivity index (χ0) is 17.2. The van der Waals surface area contributed by atoms with Gasteiger partial charge in [-0.2, -0.15) is 4.39 Å². The Labute approximate surface area is 143 Å². The van der Waals surface area contributed by atoms with Crippen LogP contribution in [0.5, 0.6) is 5.75 Å². The van der Waals surface area contributed by atoms with Gasteiger partial charge in [0.25, 0.3) is 5.95 Å². The van der Waals surface area contributed by atoms with E-state index in [0.717, 1.165) is 23.6 Å². The molecule has 0 radical (unpaired) electrons. The molecule has 25 heavy (non-hydrogen) atoms. The molecule has 2 heterocycles. The third kappa shape index (κ3) is 3.30. The molecule has 3 aromatic rings. The van der Waals surface area contributed by atoms with Crippen LogP contribution in [0.4, 0.5) is 8.78 Å². The Morgan fingerprint density at radius 2 is 2.00 bits per heavy atom. The second kappa shape index (κ2) is 6.72. The predicted molar refractivity (Wildman–Crippen MR) is 90.2 cm³/mol. The van der Waals surface area contributed by atoms with E-state index in [1.807, 2.05) is 6.07 Å². The fraction of sp³-hybridized carbons (Fsp3) is 0.263. The number of ether oxygens (including phenoxy) is 1. The third-order valence-electron chi connectivity index (χ3n) is 4.56. The summed E-state index contributed by atoms with van der Waals surface area (Å²) in [7, 11) is 0. The molecular formula is C19H17F2N3O. The van der Waals surface area contributed by atoms with Crippen molar-refractivity contribution in [3.63, 3.8) is 0 Å². The smallest absolute Gasteiger partial charge is 0.255 e. The van der Waals surface area contributed by atoms with Gasteiger partial charge in [0.2, 0.25) is 0 Å². The van der Waals surface area contributed by atoms with E-state index in [0.29, 0.717) is 12.1 Å². The molecule has 1 aliphatic rings. The molecule has 0 atom stereocenters. The highest BCUT2D eigenvalue weighted by Crippen LogP contribution is 2.28. The molecule has 2 aromatic heterocycles. The van der Waals surface area contributed by atoms with Crippen LogP contribution in [0, 0.1) is 11.8 Å². The van der Waals surface area contributed by atoms with Gasteiger partial charge in [0.05, 0.1) is 0 Å². The molecule has 0 unspecified atom stereocenters. The van der Waals surface area contributed by atoms with Gasteiger partial charge < -0.3 is 10.1 Å². The Kier molecular flexibility index (Phi) is 4.28. The number of nitrogens with zero attached hydrogens (tertiary/aromatic N) is 2.